The second kappa shape index (κ2) is 10.9. The van der Waals surface area contributed by atoms with Gasteiger partial charge in [-0.25, -0.2) is 9.37 Å². The number of amides is 2. The van der Waals surface area contributed by atoms with Crippen LogP contribution in [0.3, 0.4) is 0 Å². The van der Waals surface area contributed by atoms with E-state index in [2.05, 4.69) is 10.3 Å². The van der Waals surface area contributed by atoms with Crippen molar-refractivity contribution in [3.63, 3.8) is 0 Å². The van der Waals surface area contributed by atoms with E-state index in [-0.39, 0.29) is 30.3 Å². The Hall–Kier alpha value is -4.04. The number of nitrogens with zero attached hydrogens (tertiary/aromatic N) is 2. The van der Waals surface area contributed by atoms with Gasteiger partial charge in [0.05, 0.1) is 6.04 Å². The molecule has 1 N–H and O–H groups in total. The lowest BCUT2D eigenvalue weighted by Gasteiger charge is -2.37. The summed E-state index contributed by atoms with van der Waals surface area (Å²) < 4.78 is 20.1. The number of benzene rings is 3. The highest BCUT2D eigenvalue weighted by Crippen LogP contribution is 2.37. The molecule has 1 aliphatic heterocycles. The lowest BCUT2D eigenvalue weighted by molar-refractivity contribution is -0.130. The maximum Gasteiger partial charge on any atom is 0.271 e. The Morgan fingerprint density at radius 1 is 1.11 bits per heavy atom. The third-order valence-electron chi connectivity index (χ3n) is 6.36. The molecule has 0 fully saturated rings. The summed E-state index contributed by atoms with van der Waals surface area (Å²) in [6.07, 6.45) is 0.717. The number of carbonyl (C=O) groups excluding carboxylic acids is 2. The van der Waals surface area contributed by atoms with Crippen LogP contribution in [0.25, 0.3) is 0 Å². The second-order valence-corrected chi connectivity index (χ2v) is 9.81. The van der Waals surface area contributed by atoms with Gasteiger partial charge in [-0.2, -0.15) is 0 Å². The summed E-state index contributed by atoms with van der Waals surface area (Å²) in [4.78, 5) is 31.1. The fourth-order valence-corrected chi connectivity index (χ4v) is 5.24. The van der Waals surface area contributed by atoms with Crippen LogP contribution in [0.4, 0.5) is 4.39 Å². The van der Waals surface area contributed by atoms with Gasteiger partial charge in [0.15, 0.2) is 0 Å². The van der Waals surface area contributed by atoms with Crippen molar-refractivity contribution in [3.8, 4) is 5.75 Å². The molecule has 0 saturated carbocycles. The molecule has 2 heterocycles. The lowest BCUT2D eigenvalue weighted by atomic mass is 9.88. The molecule has 2 amide bonds. The molecule has 8 heteroatoms. The minimum absolute atomic E-state index is 0.0629. The van der Waals surface area contributed by atoms with Crippen LogP contribution < -0.4 is 10.1 Å². The molecule has 0 aliphatic carbocycles. The summed E-state index contributed by atoms with van der Waals surface area (Å²) in [7, 11) is 0. The average Bonchev–Trinajstić information content (AvgIpc) is 3.39. The van der Waals surface area contributed by atoms with Crippen LogP contribution in [0, 0.1) is 5.82 Å². The molecular formula is C29H26FN3O3S. The van der Waals surface area contributed by atoms with Gasteiger partial charge in [-0.3, -0.25) is 9.59 Å². The minimum atomic E-state index is -0.389. The number of nitrogens with one attached hydrogen (secondary N) is 1. The van der Waals surface area contributed by atoms with Crippen LogP contribution in [-0.2, 0) is 24.4 Å². The molecular weight excluding hydrogens is 489 g/mol. The predicted octanol–water partition coefficient (Wildman–Crippen LogP) is 5.29. The first-order chi connectivity index (χ1) is 18.0. The molecule has 0 radical (unpaired) electrons. The zero-order valence-electron chi connectivity index (χ0n) is 20.3. The highest BCUT2D eigenvalue weighted by Gasteiger charge is 2.31. The zero-order chi connectivity index (χ0) is 25.8. The molecule has 3 aromatic carbocycles. The Morgan fingerprint density at radius 3 is 2.73 bits per heavy atom. The van der Waals surface area contributed by atoms with E-state index in [4.69, 9.17) is 4.74 Å². The molecule has 37 heavy (non-hydrogen) atoms. The van der Waals surface area contributed by atoms with Gasteiger partial charge in [-0.1, -0.05) is 48.5 Å². The van der Waals surface area contributed by atoms with Crippen LogP contribution in [-0.4, -0.2) is 28.2 Å². The van der Waals surface area contributed by atoms with E-state index in [1.165, 1.54) is 30.4 Å². The second-order valence-electron chi connectivity index (χ2n) is 8.86. The van der Waals surface area contributed by atoms with E-state index in [0.29, 0.717) is 29.5 Å². The average molecular weight is 516 g/mol. The molecule has 0 bridgehead atoms. The number of ether oxygens (including phenoxy) is 1. The summed E-state index contributed by atoms with van der Waals surface area (Å²) >= 11 is 1.36. The fraction of sp³-hybridized carbons (Fsp3) is 0.207. The Labute approximate surface area is 218 Å². The number of carbonyl (C=O) groups is 2. The van der Waals surface area contributed by atoms with E-state index in [1.807, 2.05) is 54.6 Å². The van der Waals surface area contributed by atoms with E-state index in [9.17, 15) is 14.0 Å². The maximum absolute atomic E-state index is 14.0. The SMILES string of the molecule is CC(=O)N1CCc2ccc(OCc3nc(C(=O)NCc4ccccc4)cs3)cc2[C@@H]1c1cccc(F)c1. The first-order valence-electron chi connectivity index (χ1n) is 12.0. The topological polar surface area (TPSA) is 71.5 Å². The van der Waals surface area contributed by atoms with Crippen LogP contribution in [0.5, 0.6) is 5.75 Å². The van der Waals surface area contributed by atoms with Gasteiger partial charge in [0.1, 0.15) is 28.9 Å². The first-order valence-corrected chi connectivity index (χ1v) is 12.9. The molecule has 6 nitrogen and oxygen atoms in total. The summed E-state index contributed by atoms with van der Waals surface area (Å²) in [6.45, 7) is 2.74. The van der Waals surface area contributed by atoms with E-state index >= 15 is 0 Å². The summed E-state index contributed by atoms with van der Waals surface area (Å²) in [5.41, 5.74) is 4.12. The number of hydrogen-bond donors (Lipinski definition) is 1. The minimum Gasteiger partial charge on any atom is -0.486 e. The van der Waals surface area contributed by atoms with Crippen LogP contribution in [0.1, 0.15) is 50.7 Å². The van der Waals surface area contributed by atoms with Crippen LogP contribution in [0.2, 0.25) is 0 Å². The van der Waals surface area contributed by atoms with E-state index in [0.717, 1.165) is 28.7 Å². The molecule has 0 unspecified atom stereocenters. The number of rotatable bonds is 7. The van der Waals surface area contributed by atoms with Gasteiger partial charge >= 0.3 is 0 Å². The monoisotopic (exact) mass is 515 g/mol. The van der Waals surface area contributed by atoms with Gasteiger partial charge in [0.2, 0.25) is 5.91 Å². The summed E-state index contributed by atoms with van der Waals surface area (Å²) in [5.74, 6) is -0.0155. The van der Waals surface area contributed by atoms with Crippen molar-refractivity contribution in [2.45, 2.75) is 32.5 Å². The molecule has 5 rings (SSSR count). The first kappa shape index (κ1) is 24.6. The van der Waals surface area contributed by atoms with Gasteiger partial charge in [-0.15, -0.1) is 11.3 Å². The maximum atomic E-state index is 14.0. The highest BCUT2D eigenvalue weighted by molar-refractivity contribution is 7.09. The van der Waals surface area contributed by atoms with Crippen molar-refractivity contribution in [1.82, 2.24) is 15.2 Å². The quantitative estimate of drug-likeness (QED) is 0.363. The molecule has 188 valence electrons. The third-order valence-corrected chi connectivity index (χ3v) is 7.18. The van der Waals surface area contributed by atoms with E-state index < -0.39 is 0 Å². The normalized spacial score (nSPS) is 14.6. The third kappa shape index (κ3) is 5.70. The number of fused-ring (bicyclic) bond motifs is 1. The zero-order valence-corrected chi connectivity index (χ0v) is 21.1. The fourth-order valence-electron chi connectivity index (χ4n) is 4.55. The smallest absolute Gasteiger partial charge is 0.271 e. The summed E-state index contributed by atoms with van der Waals surface area (Å²) in [6, 6.07) is 21.5. The Balaban J connectivity index is 1.29. The summed E-state index contributed by atoms with van der Waals surface area (Å²) in [5, 5.41) is 5.27. The van der Waals surface area contributed by atoms with Crippen LogP contribution in [0.15, 0.2) is 78.2 Å². The number of halogens is 1. The largest absolute Gasteiger partial charge is 0.486 e. The molecule has 1 atom stereocenters. The lowest BCUT2D eigenvalue weighted by Crippen LogP contribution is -2.39. The van der Waals surface area contributed by atoms with Gasteiger partial charge in [-0.05, 0) is 52.9 Å². The van der Waals surface area contributed by atoms with Crippen molar-refractivity contribution in [2.24, 2.45) is 0 Å². The van der Waals surface area contributed by atoms with Crippen LogP contribution >= 0.6 is 11.3 Å². The number of thiazole rings is 1. The molecule has 4 aromatic rings. The Morgan fingerprint density at radius 2 is 1.95 bits per heavy atom. The Kier molecular flexibility index (Phi) is 7.28. The number of aromatic nitrogens is 1. The van der Waals surface area contributed by atoms with Gasteiger partial charge < -0.3 is 15.0 Å². The van der Waals surface area contributed by atoms with Crippen molar-refractivity contribution in [1.29, 1.82) is 0 Å². The molecule has 1 aliphatic rings. The Bertz CT molecular complexity index is 1420. The van der Waals surface area contributed by atoms with Crippen molar-refractivity contribution in [3.05, 3.63) is 117 Å². The van der Waals surface area contributed by atoms with Crippen molar-refractivity contribution >= 4 is 23.2 Å². The van der Waals surface area contributed by atoms with Gasteiger partial charge in [0.25, 0.3) is 5.91 Å². The molecule has 0 saturated heterocycles. The predicted molar refractivity (Wildman–Crippen MR) is 140 cm³/mol. The standard InChI is InChI=1S/C29H26FN3O3S/c1-19(34)33-13-12-21-10-11-24(15-25(21)28(33)22-8-5-9-23(30)14-22)36-17-27-32-26(18-37-27)29(35)31-16-20-6-3-2-4-7-20/h2-11,14-15,18,28H,12-13,16-17H2,1H3,(H,31,35)/t28-/m0/s1. The van der Waals surface area contributed by atoms with Crippen molar-refractivity contribution in [2.75, 3.05) is 6.54 Å². The molecule has 1 aromatic heterocycles. The number of hydrogen-bond acceptors (Lipinski definition) is 5. The molecule has 0 spiro atoms. The highest BCUT2D eigenvalue weighted by atomic mass is 32.1. The van der Waals surface area contributed by atoms with E-state index in [1.54, 1.807) is 16.3 Å². The van der Waals surface area contributed by atoms with Crippen molar-refractivity contribution < 1.29 is 18.7 Å². The van der Waals surface area contributed by atoms with Gasteiger partial charge in [0, 0.05) is 25.4 Å².